The van der Waals surface area contributed by atoms with Crippen LogP contribution in [0.5, 0.6) is 0 Å². The summed E-state index contributed by atoms with van der Waals surface area (Å²) in [6.07, 6.45) is 0. The molecule has 116 valence electrons. The van der Waals surface area contributed by atoms with E-state index < -0.39 is 0 Å². The molecule has 0 saturated heterocycles. The molecule has 2 aromatic carbocycles. The summed E-state index contributed by atoms with van der Waals surface area (Å²) in [5.41, 5.74) is 4.64. The van der Waals surface area contributed by atoms with Gasteiger partial charge in [-0.2, -0.15) is 5.10 Å². The van der Waals surface area contributed by atoms with E-state index in [0.717, 1.165) is 16.7 Å². The molecule has 0 atom stereocenters. The first-order valence-electron chi connectivity index (χ1n) is 6.85. The van der Waals surface area contributed by atoms with Crippen molar-refractivity contribution < 1.29 is 0 Å². The Bertz CT molecular complexity index is 907. The second-order valence-electron chi connectivity index (χ2n) is 4.96. The average Bonchev–Trinajstić information content (AvgIpc) is 2.56. The number of hydrazone groups is 1. The first-order valence-corrected chi connectivity index (χ1v) is 7.99. The van der Waals surface area contributed by atoms with Gasteiger partial charge in [-0.05, 0) is 35.4 Å². The third kappa shape index (κ3) is 3.58. The summed E-state index contributed by atoms with van der Waals surface area (Å²) < 4.78 is 0. The Labute approximate surface area is 148 Å². The zero-order chi connectivity index (χ0) is 16.4. The van der Waals surface area contributed by atoms with Crippen LogP contribution in [0.4, 0.5) is 5.82 Å². The van der Waals surface area contributed by atoms with Crippen LogP contribution in [-0.2, 0) is 0 Å². The van der Waals surface area contributed by atoms with Gasteiger partial charge in [0.2, 0.25) is 0 Å². The molecule has 0 amide bonds. The molecule has 1 aromatic heterocycles. The van der Waals surface area contributed by atoms with E-state index in [0.29, 0.717) is 15.9 Å². The molecule has 6 heteroatoms. The fourth-order valence-corrected chi connectivity index (χ4v) is 2.68. The summed E-state index contributed by atoms with van der Waals surface area (Å²) in [6, 6.07) is 15.9. The first kappa shape index (κ1) is 16.1. The molecule has 0 aliphatic carbocycles. The highest BCUT2D eigenvalue weighted by atomic mass is 35.5. The Hall–Kier alpha value is -1.81. The zero-order valence-corrected chi connectivity index (χ0v) is 14.4. The van der Waals surface area contributed by atoms with Gasteiger partial charge in [-0.3, -0.25) is 5.43 Å². The standard InChI is InChI=1S/C17H12Cl3N3/c1-10(12-7-6-11-4-2-3-5-13(11)8-12)22-23-17-15(19)9-14(18)16(20)21-17/h2-9H,1H3,(H,21,23). The highest BCUT2D eigenvalue weighted by Gasteiger charge is 2.07. The lowest BCUT2D eigenvalue weighted by atomic mass is 10.0. The largest absolute Gasteiger partial charge is 0.260 e. The van der Waals surface area contributed by atoms with Gasteiger partial charge in [0.05, 0.1) is 15.8 Å². The number of anilines is 1. The van der Waals surface area contributed by atoms with Gasteiger partial charge >= 0.3 is 0 Å². The van der Waals surface area contributed by atoms with E-state index in [9.17, 15) is 0 Å². The normalized spacial score (nSPS) is 11.7. The van der Waals surface area contributed by atoms with Gasteiger partial charge in [0.15, 0.2) is 5.82 Å². The van der Waals surface area contributed by atoms with Gasteiger partial charge < -0.3 is 0 Å². The van der Waals surface area contributed by atoms with Crippen LogP contribution in [0.1, 0.15) is 12.5 Å². The van der Waals surface area contributed by atoms with E-state index >= 15 is 0 Å². The number of hydrogen-bond acceptors (Lipinski definition) is 3. The maximum Gasteiger partial charge on any atom is 0.166 e. The topological polar surface area (TPSA) is 37.3 Å². The molecule has 3 rings (SSSR count). The van der Waals surface area contributed by atoms with Crippen LogP contribution in [0.2, 0.25) is 15.2 Å². The summed E-state index contributed by atoms with van der Waals surface area (Å²) in [7, 11) is 0. The fourth-order valence-electron chi connectivity index (χ4n) is 2.14. The number of nitrogens with zero attached hydrogens (tertiary/aromatic N) is 2. The molecule has 1 heterocycles. The van der Waals surface area contributed by atoms with Gasteiger partial charge in [-0.25, -0.2) is 4.98 Å². The number of halogens is 3. The third-order valence-electron chi connectivity index (χ3n) is 3.38. The fraction of sp³-hybridized carbons (Fsp3) is 0.0588. The predicted molar refractivity (Wildman–Crippen MR) is 99.0 cm³/mol. The number of pyridine rings is 1. The molecule has 0 saturated carbocycles. The van der Waals surface area contributed by atoms with Crippen molar-refractivity contribution in [3.8, 4) is 0 Å². The number of aromatic nitrogens is 1. The van der Waals surface area contributed by atoms with E-state index in [1.54, 1.807) is 0 Å². The second-order valence-corrected chi connectivity index (χ2v) is 6.13. The summed E-state index contributed by atoms with van der Waals surface area (Å²) in [4.78, 5) is 4.07. The Kier molecular flexibility index (Phi) is 4.71. The molecule has 3 aromatic rings. The van der Waals surface area contributed by atoms with E-state index in [2.05, 4.69) is 39.8 Å². The predicted octanol–water partition coefficient (Wildman–Crippen LogP) is 6.03. The molecule has 3 nitrogen and oxygen atoms in total. The third-order valence-corrected chi connectivity index (χ3v) is 4.34. The van der Waals surface area contributed by atoms with Crippen molar-refractivity contribution in [1.29, 1.82) is 0 Å². The highest BCUT2D eigenvalue weighted by Crippen LogP contribution is 2.28. The molecular formula is C17H12Cl3N3. The number of benzene rings is 2. The van der Waals surface area contributed by atoms with Gasteiger partial charge in [0.25, 0.3) is 0 Å². The van der Waals surface area contributed by atoms with Crippen molar-refractivity contribution in [2.24, 2.45) is 5.10 Å². The summed E-state index contributed by atoms with van der Waals surface area (Å²) in [5.74, 6) is 0.362. The molecule has 0 unspecified atom stereocenters. The highest BCUT2D eigenvalue weighted by molar-refractivity contribution is 6.42. The monoisotopic (exact) mass is 363 g/mol. The molecule has 0 fully saturated rings. The lowest BCUT2D eigenvalue weighted by molar-refractivity contribution is 1.22. The lowest BCUT2D eigenvalue weighted by Gasteiger charge is -2.07. The maximum absolute atomic E-state index is 6.07. The van der Waals surface area contributed by atoms with Crippen LogP contribution in [0.15, 0.2) is 53.6 Å². The lowest BCUT2D eigenvalue weighted by Crippen LogP contribution is -2.01. The van der Waals surface area contributed by atoms with E-state index in [1.165, 1.54) is 11.5 Å². The Morgan fingerprint density at radius 3 is 2.48 bits per heavy atom. The molecule has 0 aliphatic rings. The smallest absolute Gasteiger partial charge is 0.166 e. The number of hydrogen-bond donors (Lipinski definition) is 1. The number of nitrogens with one attached hydrogen (secondary N) is 1. The molecule has 0 radical (unpaired) electrons. The molecule has 0 bridgehead atoms. The summed E-state index contributed by atoms with van der Waals surface area (Å²) in [5, 5.41) is 7.50. The van der Waals surface area contributed by atoms with E-state index in [1.807, 2.05) is 25.1 Å². The van der Waals surface area contributed by atoms with E-state index in [4.69, 9.17) is 34.8 Å². The summed E-state index contributed by atoms with van der Waals surface area (Å²) >= 11 is 17.8. The SMILES string of the molecule is CC(=NNc1nc(Cl)c(Cl)cc1Cl)c1ccc2ccccc2c1. The van der Waals surface area contributed by atoms with Crippen molar-refractivity contribution in [1.82, 2.24) is 4.98 Å². The molecule has 1 N–H and O–H groups in total. The van der Waals surface area contributed by atoms with Crippen molar-refractivity contribution in [2.45, 2.75) is 6.92 Å². The average molecular weight is 365 g/mol. The van der Waals surface area contributed by atoms with Gasteiger partial charge in [0.1, 0.15) is 5.15 Å². The van der Waals surface area contributed by atoms with Gasteiger partial charge in [-0.1, -0.05) is 71.2 Å². The molecule has 23 heavy (non-hydrogen) atoms. The minimum atomic E-state index is 0.178. The van der Waals surface area contributed by atoms with Crippen LogP contribution < -0.4 is 5.43 Å². The zero-order valence-electron chi connectivity index (χ0n) is 12.1. The Morgan fingerprint density at radius 2 is 1.70 bits per heavy atom. The quantitative estimate of drug-likeness (QED) is 0.350. The molecule has 0 aliphatic heterocycles. The molecular weight excluding hydrogens is 353 g/mol. The van der Waals surface area contributed by atoms with Crippen molar-refractivity contribution in [2.75, 3.05) is 5.43 Å². The van der Waals surface area contributed by atoms with Crippen molar-refractivity contribution in [3.63, 3.8) is 0 Å². The number of fused-ring (bicyclic) bond motifs is 1. The minimum absolute atomic E-state index is 0.178. The Balaban J connectivity index is 1.88. The van der Waals surface area contributed by atoms with Crippen LogP contribution in [0.3, 0.4) is 0 Å². The minimum Gasteiger partial charge on any atom is -0.260 e. The van der Waals surface area contributed by atoms with Gasteiger partial charge in [0, 0.05) is 0 Å². The summed E-state index contributed by atoms with van der Waals surface area (Å²) in [6.45, 7) is 1.91. The first-order chi connectivity index (χ1) is 11.0. The van der Waals surface area contributed by atoms with Gasteiger partial charge in [-0.15, -0.1) is 0 Å². The number of rotatable bonds is 3. The second kappa shape index (κ2) is 6.75. The van der Waals surface area contributed by atoms with E-state index in [-0.39, 0.29) is 5.15 Å². The maximum atomic E-state index is 6.07. The van der Waals surface area contributed by atoms with Crippen molar-refractivity contribution in [3.05, 3.63) is 69.3 Å². The van der Waals surface area contributed by atoms with Crippen molar-refractivity contribution >= 4 is 57.1 Å². The van der Waals surface area contributed by atoms with Crippen LogP contribution in [0, 0.1) is 0 Å². The molecule has 0 spiro atoms. The van der Waals surface area contributed by atoms with Crippen LogP contribution in [0.25, 0.3) is 10.8 Å². The van der Waals surface area contributed by atoms with Crippen LogP contribution in [-0.4, -0.2) is 10.7 Å². The van der Waals surface area contributed by atoms with Crippen LogP contribution >= 0.6 is 34.8 Å². The Morgan fingerprint density at radius 1 is 0.957 bits per heavy atom.